The summed E-state index contributed by atoms with van der Waals surface area (Å²) in [5.74, 6) is 2.55. The van der Waals surface area contributed by atoms with Gasteiger partial charge < -0.3 is 15.4 Å². The molecule has 1 heterocycles. The molecule has 5 heteroatoms. The number of hydrogen-bond acceptors (Lipinski definition) is 5. The van der Waals surface area contributed by atoms with Crippen molar-refractivity contribution < 1.29 is 4.74 Å². The maximum Gasteiger partial charge on any atom is 0.139 e. The van der Waals surface area contributed by atoms with E-state index in [0.717, 1.165) is 35.1 Å². The number of hydrogen-bond donors (Lipinski definition) is 2. The minimum atomic E-state index is 0.176. The van der Waals surface area contributed by atoms with Crippen LogP contribution in [-0.4, -0.2) is 23.1 Å². The van der Waals surface area contributed by atoms with E-state index in [0.29, 0.717) is 0 Å². The molecule has 2 N–H and O–H groups in total. The van der Waals surface area contributed by atoms with Crippen LogP contribution in [0.3, 0.4) is 0 Å². The first-order valence-electron chi connectivity index (χ1n) is 7.19. The lowest BCUT2D eigenvalue weighted by atomic mass is 10.2. The second-order valence-corrected chi connectivity index (χ2v) is 4.97. The summed E-state index contributed by atoms with van der Waals surface area (Å²) in [6, 6.07) is 7.87. The molecule has 2 rings (SSSR count). The third-order valence-corrected chi connectivity index (χ3v) is 3.02. The highest BCUT2D eigenvalue weighted by Crippen LogP contribution is 2.25. The molecule has 1 aromatic heterocycles. The summed E-state index contributed by atoms with van der Waals surface area (Å²) in [5.41, 5.74) is 2.05. The SMILES string of the molecule is CCc1c(NC)ncnc1Nc1ccc(OC(C)C)cc1. The van der Waals surface area contributed by atoms with E-state index < -0.39 is 0 Å². The number of aromatic nitrogens is 2. The quantitative estimate of drug-likeness (QED) is 0.849. The van der Waals surface area contributed by atoms with E-state index in [1.165, 1.54) is 0 Å². The van der Waals surface area contributed by atoms with Crippen molar-refractivity contribution in [1.82, 2.24) is 9.97 Å². The monoisotopic (exact) mass is 286 g/mol. The smallest absolute Gasteiger partial charge is 0.139 e. The van der Waals surface area contributed by atoms with Crippen LogP contribution in [0, 0.1) is 0 Å². The molecule has 0 saturated heterocycles. The zero-order valence-corrected chi connectivity index (χ0v) is 13.0. The summed E-state index contributed by atoms with van der Waals surface area (Å²) in [6.07, 6.45) is 2.59. The fourth-order valence-electron chi connectivity index (χ4n) is 2.10. The molecular formula is C16H22N4O. The lowest BCUT2D eigenvalue weighted by Gasteiger charge is -2.14. The molecule has 5 nitrogen and oxygen atoms in total. The largest absolute Gasteiger partial charge is 0.491 e. The van der Waals surface area contributed by atoms with Gasteiger partial charge in [0.1, 0.15) is 23.7 Å². The van der Waals surface area contributed by atoms with Gasteiger partial charge in [0.15, 0.2) is 0 Å². The number of nitrogens with one attached hydrogen (secondary N) is 2. The Hall–Kier alpha value is -2.30. The molecule has 21 heavy (non-hydrogen) atoms. The Morgan fingerprint density at radius 3 is 2.33 bits per heavy atom. The fourth-order valence-corrected chi connectivity index (χ4v) is 2.10. The summed E-state index contributed by atoms with van der Waals surface area (Å²) in [6.45, 7) is 6.12. The lowest BCUT2D eigenvalue weighted by Crippen LogP contribution is -2.06. The second kappa shape index (κ2) is 6.92. The topological polar surface area (TPSA) is 59.1 Å². The predicted octanol–water partition coefficient (Wildman–Crippen LogP) is 3.61. The molecule has 0 saturated carbocycles. The summed E-state index contributed by atoms with van der Waals surface area (Å²) < 4.78 is 5.64. The first-order chi connectivity index (χ1) is 10.1. The van der Waals surface area contributed by atoms with Gasteiger partial charge in [0, 0.05) is 18.3 Å². The molecule has 0 fully saturated rings. The third kappa shape index (κ3) is 3.84. The summed E-state index contributed by atoms with van der Waals surface area (Å²) >= 11 is 0. The molecule has 0 unspecified atom stereocenters. The molecule has 112 valence electrons. The normalized spacial score (nSPS) is 10.5. The Morgan fingerprint density at radius 1 is 1.10 bits per heavy atom. The Labute approximate surface area is 125 Å². The minimum Gasteiger partial charge on any atom is -0.491 e. The van der Waals surface area contributed by atoms with E-state index >= 15 is 0 Å². The van der Waals surface area contributed by atoms with Crippen molar-refractivity contribution in [1.29, 1.82) is 0 Å². The van der Waals surface area contributed by atoms with Crippen LogP contribution in [0.4, 0.5) is 17.3 Å². The maximum atomic E-state index is 5.64. The van der Waals surface area contributed by atoms with Crippen LogP contribution in [0.25, 0.3) is 0 Å². The predicted molar refractivity (Wildman–Crippen MR) is 86.4 cm³/mol. The standard InChI is InChI=1S/C16H22N4O/c1-5-14-15(17-4)18-10-19-16(14)20-12-6-8-13(9-7-12)21-11(2)3/h6-11H,5H2,1-4H3,(H2,17,18,19,20). The Kier molecular flexibility index (Phi) is 4.98. The van der Waals surface area contributed by atoms with Crippen molar-refractivity contribution in [2.75, 3.05) is 17.7 Å². The van der Waals surface area contributed by atoms with Crippen LogP contribution in [0.5, 0.6) is 5.75 Å². The average molecular weight is 286 g/mol. The highest BCUT2D eigenvalue weighted by molar-refractivity contribution is 5.65. The second-order valence-electron chi connectivity index (χ2n) is 4.97. The fraction of sp³-hybridized carbons (Fsp3) is 0.375. The van der Waals surface area contributed by atoms with Crippen molar-refractivity contribution in [3.63, 3.8) is 0 Å². The molecule has 0 amide bonds. The van der Waals surface area contributed by atoms with Crippen molar-refractivity contribution >= 4 is 17.3 Å². The van der Waals surface area contributed by atoms with Gasteiger partial charge in [0.05, 0.1) is 6.10 Å². The Bertz CT molecular complexity index is 581. The molecule has 2 aromatic rings. The van der Waals surface area contributed by atoms with Gasteiger partial charge in [0.2, 0.25) is 0 Å². The molecule has 0 spiro atoms. The van der Waals surface area contributed by atoms with E-state index in [4.69, 9.17) is 4.74 Å². The van der Waals surface area contributed by atoms with Gasteiger partial charge in [-0.3, -0.25) is 0 Å². The highest BCUT2D eigenvalue weighted by atomic mass is 16.5. The first-order valence-corrected chi connectivity index (χ1v) is 7.19. The van der Waals surface area contributed by atoms with E-state index in [9.17, 15) is 0 Å². The number of nitrogens with zero attached hydrogens (tertiary/aromatic N) is 2. The van der Waals surface area contributed by atoms with Gasteiger partial charge in [0.25, 0.3) is 0 Å². The summed E-state index contributed by atoms with van der Waals surface area (Å²) in [7, 11) is 1.86. The Morgan fingerprint density at radius 2 is 1.76 bits per heavy atom. The van der Waals surface area contributed by atoms with Crippen LogP contribution in [-0.2, 0) is 6.42 Å². The molecule has 1 aromatic carbocycles. The molecule has 0 aliphatic rings. The van der Waals surface area contributed by atoms with Crippen molar-refractivity contribution in [2.45, 2.75) is 33.3 Å². The number of benzene rings is 1. The van der Waals surface area contributed by atoms with Gasteiger partial charge in [-0.1, -0.05) is 6.92 Å². The zero-order valence-electron chi connectivity index (χ0n) is 13.0. The Balaban J connectivity index is 2.18. The number of ether oxygens (including phenoxy) is 1. The highest BCUT2D eigenvalue weighted by Gasteiger charge is 2.09. The minimum absolute atomic E-state index is 0.176. The van der Waals surface area contributed by atoms with Crippen molar-refractivity contribution in [3.05, 3.63) is 36.2 Å². The summed E-state index contributed by atoms with van der Waals surface area (Å²) in [4.78, 5) is 8.57. The van der Waals surface area contributed by atoms with Crippen LogP contribution in [0.2, 0.25) is 0 Å². The lowest BCUT2D eigenvalue weighted by molar-refractivity contribution is 0.242. The molecule has 0 aliphatic heterocycles. The van der Waals surface area contributed by atoms with Crippen molar-refractivity contribution in [3.8, 4) is 5.75 Å². The first kappa shape index (κ1) is 15.1. The molecular weight excluding hydrogens is 264 g/mol. The molecule has 0 bridgehead atoms. The van der Waals surface area contributed by atoms with Gasteiger partial charge >= 0.3 is 0 Å². The average Bonchev–Trinajstić information content (AvgIpc) is 2.48. The number of rotatable bonds is 6. The third-order valence-electron chi connectivity index (χ3n) is 3.02. The van der Waals surface area contributed by atoms with Gasteiger partial charge in [-0.2, -0.15) is 0 Å². The van der Waals surface area contributed by atoms with Crippen LogP contribution >= 0.6 is 0 Å². The van der Waals surface area contributed by atoms with E-state index in [1.807, 2.05) is 45.2 Å². The summed E-state index contributed by atoms with van der Waals surface area (Å²) in [5, 5.41) is 6.42. The van der Waals surface area contributed by atoms with Gasteiger partial charge in [-0.15, -0.1) is 0 Å². The maximum absolute atomic E-state index is 5.64. The van der Waals surface area contributed by atoms with Crippen LogP contribution in [0.1, 0.15) is 26.3 Å². The van der Waals surface area contributed by atoms with Crippen LogP contribution < -0.4 is 15.4 Å². The zero-order chi connectivity index (χ0) is 15.2. The molecule has 0 atom stereocenters. The molecule has 0 aliphatic carbocycles. The number of anilines is 3. The van der Waals surface area contributed by atoms with Gasteiger partial charge in [-0.25, -0.2) is 9.97 Å². The van der Waals surface area contributed by atoms with Gasteiger partial charge in [-0.05, 0) is 44.5 Å². The van der Waals surface area contributed by atoms with Crippen molar-refractivity contribution in [2.24, 2.45) is 0 Å². The van der Waals surface area contributed by atoms with E-state index in [1.54, 1.807) is 6.33 Å². The van der Waals surface area contributed by atoms with E-state index in [2.05, 4.69) is 27.5 Å². The van der Waals surface area contributed by atoms with E-state index in [-0.39, 0.29) is 6.10 Å². The van der Waals surface area contributed by atoms with Crippen LogP contribution in [0.15, 0.2) is 30.6 Å². The molecule has 0 radical (unpaired) electrons.